The average Bonchev–Trinajstić information content (AvgIpc) is 3.07. The van der Waals surface area contributed by atoms with Crippen molar-refractivity contribution in [1.29, 1.82) is 0 Å². The molecule has 0 amide bonds. The van der Waals surface area contributed by atoms with E-state index in [0.29, 0.717) is 6.54 Å². The predicted molar refractivity (Wildman–Crippen MR) is 116 cm³/mol. The Bertz CT molecular complexity index is 1000. The van der Waals surface area contributed by atoms with Gasteiger partial charge in [0.25, 0.3) is 5.56 Å². The Balaban J connectivity index is 1.58. The normalized spacial score (nSPS) is 13.6. The van der Waals surface area contributed by atoms with E-state index >= 15 is 0 Å². The quantitative estimate of drug-likeness (QED) is 0.237. The second-order valence-corrected chi connectivity index (χ2v) is 9.07. The average molecular weight is 397 g/mol. The first-order valence-electron chi connectivity index (χ1n) is 9.60. The molecular formula is C22H24N2OS2. The first-order chi connectivity index (χ1) is 13.3. The Morgan fingerprint density at radius 3 is 2.85 bits per heavy atom. The summed E-state index contributed by atoms with van der Waals surface area (Å²) in [6.07, 6.45) is 8.42. The summed E-state index contributed by atoms with van der Waals surface area (Å²) in [6.45, 7) is 4.36. The molecule has 0 bridgehead atoms. The molecule has 1 aliphatic rings. The second-order valence-electron chi connectivity index (χ2n) is 6.93. The summed E-state index contributed by atoms with van der Waals surface area (Å²) in [5, 5.41) is 1.70. The second kappa shape index (κ2) is 8.44. The standard InChI is InChI=1S/C22H24N2OS2/c1-2-14-24-21(25)19-17-12-6-7-13-18(17)27-20(19)23-22(24)26-15-8-11-16-9-4-3-5-10-16/h2-5,9-10H,1,6-8,11-15H2. The van der Waals surface area contributed by atoms with Crippen molar-refractivity contribution in [3.63, 3.8) is 0 Å². The molecule has 3 nitrogen and oxygen atoms in total. The van der Waals surface area contributed by atoms with Crippen molar-refractivity contribution in [2.24, 2.45) is 0 Å². The fraction of sp³-hybridized carbons (Fsp3) is 0.364. The highest BCUT2D eigenvalue weighted by Crippen LogP contribution is 2.34. The molecule has 1 aromatic carbocycles. The predicted octanol–water partition coefficient (Wildman–Crippen LogP) is 5.25. The molecule has 0 N–H and O–H groups in total. The zero-order valence-corrected chi connectivity index (χ0v) is 17.1. The topological polar surface area (TPSA) is 34.9 Å². The molecule has 0 saturated heterocycles. The van der Waals surface area contributed by atoms with Crippen molar-refractivity contribution in [1.82, 2.24) is 9.55 Å². The maximum Gasteiger partial charge on any atom is 0.263 e. The van der Waals surface area contributed by atoms with Crippen LogP contribution in [0, 0.1) is 0 Å². The summed E-state index contributed by atoms with van der Waals surface area (Å²) in [7, 11) is 0. The summed E-state index contributed by atoms with van der Waals surface area (Å²) in [4.78, 5) is 20.4. The minimum Gasteiger partial charge on any atom is -0.283 e. The molecule has 2 heterocycles. The summed E-state index contributed by atoms with van der Waals surface area (Å²) in [6, 6.07) is 10.5. The summed E-state index contributed by atoms with van der Waals surface area (Å²) < 4.78 is 1.81. The fourth-order valence-electron chi connectivity index (χ4n) is 3.70. The van der Waals surface area contributed by atoms with Gasteiger partial charge in [-0.1, -0.05) is 48.2 Å². The first kappa shape index (κ1) is 18.5. The third kappa shape index (κ3) is 3.90. The lowest BCUT2D eigenvalue weighted by atomic mass is 9.97. The van der Waals surface area contributed by atoms with E-state index in [1.54, 1.807) is 29.2 Å². The highest BCUT2D eigenvalue weighted by Gasteiger charge is 2.21. The van der Waals surface area contributed by atoms with Gasteiger partial charge in [-0.2, -0.15) is 0 Å². The highest BCUT2D eigenvalue weighted by atomic mass is 32.2. The van der Waals surface area contributed by atoms with Crippen molar-refractivity contribution in [3.05, 3.63) is 69.3 Å². The zero-order valence-electron chi connectivity index (χ0n) is 15.4. The van der Waals surface area contributed by atoms with Crippen LogP contribution >= 0.6 is 23.1 Å². The van der Waals surface area contributed by atoms with E-state index in [-0.39, 0.29) is 5.56 Å². The van der Waals surface area contributed by atoms with Crippen LogP contribution in [0.4, 0.5) is 0 Å². The number of aromatic nitrogens is 2. The van der Waals surface area contributed by atoms with E-state index in [2.05, 4.69) is 30.8 Å². The highest BCUT2D eigenvalue weighted by molar-refractivity contribution is 7.99. The molecule has 1 aliphatic carbocycles. The van der Waals surface area contributed by atoms with Crippen LogP contribution in [0.3, 0.4) is 0 Å². The minimum absolute atomic E-state index is 0.116. The molecule has 3 aromatic rings. The third-order valence-electron chi connectivity index (χ3n) is 5.04. The van der Waals surface area contributed by atoms with Gasteiger partial charge in [0.2, 0.25) is 0 Å². The molecule has 0 fully saturated rings. The van der Waals surface area contributed by atoms with Crippen LogP contribution in [0.15, 0.2) is 52.9 Å². The Labute approximate surface area is 168 Å². The molecule has 140 valence electrons. The van der Waals surface area contributed by atoms with Gasteiger partial charge in [-0.25, -0.2) is 4.98 Å². The maximum absolute atomic E-state index is 13.2. The zero-order chi connectivity index (χ0) is 18.6. The molecular weight excluding hydrogens is 372 g/mol. The van der Waals surface area contributed by atoms with E-state index in [4.69, 9.17) is 4.98 Å². The lowest BCUT2D eigenvalue weighted by Crippen LogP contribution is -2.23. The molecule has 0 radical (unpaired) electrons. The third-order valence-corrected chi connectivity index (χ3v) is 7.28. The molecule has 0 aliphatic heterocycles. The number of hydrogen-bond donors (Lipinski definition) is 0. The van der Waals surface area contributed by atoms with Gasteiger partial charge in [0.15, 0.2) is 5.16 Å². The molecule has 0 spiro atoms. The lowest BCUT2D eigenvalue weighted by molar-refractivity contribution is 0.667. The molecule has 0 unspecified atom stereocenters. The maximum atomic E-state index is 13.2. The van der Waals surface area contributed by atoms with E-state index in [1.807, 2.05) is 10.6 Å². The number of allylic oxidation sites excluding steroid dienone is 1. The molecule has 27 heavy (non-hydrogen) atoms. The largest absolute Gasteiger partial charge is 0.283 e. The van der Waals surface area contributed by atoms with Crippen molar-refractivity contribution >= 4 is 33.3 Å². The van der Waals surface area contributed by atoms with Gasteiger partial charge < -0.3 is 0 Å². The van der Waals surface area contributed by atoms with Gasteiger partial charge in [0.1, 0.15) is 4.83 Å². The number of fused-ring (bicyclic) bond motifs is 3. The number of rotatable bonds is 7. The first-order valence-corrected chi connectivity index (χ1v) is 11.4. The number of thiophene rings is 1. The summed E-state index contributed by atoms with van der Waals surface area (Å²) in [5.74, 6) is 0.953. The van der Waals surface area contributed by atoms with Crippen molar-refractivity contribution < 1.29 is 0 Å². The minimum atomic E-state index is 0.116. The molecule has 2 aromatic heterocycles. The Hall–Kier alpha value is -1.85. The van der Waals surface area contributed by atoms with Crippen molar-refractivity contribution in [2.45, 2.75) is 50.2 Å². The lowest BCUT2D eigenvalue weighted by Gasteiger charge is -2.12. The van der Waals surface area contributed by atoms with E-state index in [0.717, 1.165) is 46.8 Å². The Morgan fingerprint density at radius 1 is 1.22 bits per heavy atom. The van der Waals surface area contributed by atoms with Gasteiger partial charge in [-0.05, 0) is 49.7 Å². The summed E-state index contributed by atoms with van der Waals surface area (Å²) >= 11 is 3.42. The van der Waals surface area contributed by atoms with Crippen molar-refractivity contribution in [3.8, 4) is 0 Å². The van der Waals surface area contributed by atoms with Crippen LogP contribution in [0.2, 0.25) is 0 Å². The van der Waals surface area contributed by atoms with E-state index in [1.165, 1.54) is 28.8 Å². The van der Waals surface area contributed by atoms with Crippen LogP contribution < -0.4 is 5.56 Å². The SMILES string of the molecule is C=CCn1c(SCCCc2ccccc2)nc2sc3c(c2c1=O)CCCC3. The Morgan fingerprint density at radius 2 is 2.04 bits per heavy atom. The van der Waals surface area contributed by atoms with Crippen LogP contribution in [-0.4, -0.2) is 15.3 Å². The van der Waals surface area contributed by atoms with Crippen LogP contribution in [0.5, 0.6) is 0 Å². The van der Waals surface area contributed by atoms with Gasteiger partial charge >= 0.3 is 0 Å². The Kier molecular flexibility index (Phi) is 5.79. The van der Waals surface area contributed by atoms with Crippen LogP contribution in [0.1, 0.15) is 35.3 Å². The number of nitrogens with zero attached hydrogens (tertiary/aromatic N) is 2. The molecule has 5 heteroatoms. The van der Waals surface area contributed by atoms with E-state index in [9.17, 15) is 4.79 Å². The van der Waals surface area contributed by atoms with Crippen molar-refractivity contribution in [2.75, 3.05) is 5.75 Å². The molecule has 4 rings (SSSR count). The smallest absolute Gasteiger partial charge is 0.263 e. The summed E-state index contributed by atoms with van der Waals surface area (Å²) in [5.41, 5.74) is 2.73. The number of hydrogen-bond acceptors (Lipinski definition) is 4. The van der Waals surface area contributed by atoms with Gasteiger partial charge in [-0.15, -0.1) is 17.9 Å². The molecule has 0 atom stereocenters. The van der Waals surface area contributed by atoms with Gasteiger partial charge in [-0.3, -0.25) is 9.36 Å². The number of aryl methyl sites for hydroxylation is 3. The monoisotopic (exact) mass is 396 g/mol. The van der Waals surface area contributed by atoms with Gasteiger partial charge in [0.05, 0.1) is 5.39 Å². The van der Waals surface area contributed by atoms with Gasteiger partial charge in [0, 0.05) is 17.2 Å². The number of benzene rings is 1. The fourth-order valence-corrected chi connectivity index (χ4v) is 5.95. The van der Waals surface area contributed by atoms with E-state index < -0.39 is 0 Å². The number of thioether (sulfide) groups is 1. The molecule has 0 saturated carbocycles. The van der Waals surface area contributed by atoms with Crippen LogP contribution in [0.25, 0.3) is 10.2 Å². The van der Waals surface area contributed by atoms with Crippen LogP contribution in [-0.2, 0) is 25.8 Å².